The largest absolute Gasteiger partial charge is 0.438 e. The molecule has 0 aliphatic carbocycles. The Balaban J connectivity index is 1.97. The number of nitrogens with one attached hydrogen (secondary N) is 1. The van der Waals surface area contributed by atoms with Crippen molar-refractivity contribution in [2.24, 2.45) is 0 Å². The molecule has 0 atom stereocenters. The Morgan fingerprint density at radius 1 is 1.04 bits per heavy atom. The van der Waals surface area contributed by atoms with E-state index >= 15 is 0 Å². The van der Waals surface area contributed by atoms with E-state index in [9.17, 15) is 10.1 Å². The van der Waals surface area contributed by atoms with Gasteiger partial charge in [-0.15, -0.1) is 0 Å². The van der Waals surface area contributed by atoms with Crippen LogP contribution in [0.2, 0.25) is 0 Å². The molecular formula is C22H20N2O4. The molecule has 0 aliphatic rings. The monoisotopic (exact) mass is 376 g/mol. The lowest BCUT2D eigenvalue weighted by atomic mass is 9.98. The van der Waals surface area contributed by atoms with Crippen LogP contribution in [0.5, 0.6) is 0 Å². The van der Waals surface area contributed by atoms with E-state index in [4.69, 9.17) is 13.9 Å². The van der Waals surface area contributed by atoms with Crippen molar-refractivity contribution in [1.82, 2.24) is 0 Å². The van der Waals surface area contributed by atoms with Gasteiger partial charge in [-0.3, -0.25) is 10.1 Å². The van der Waals surface area contributed by atoms with Crippen LogP contribution in [0.15, 0.2) is 65.1 Å². The number of carbonyl (C=O) groups excluding carboxylic acids is 1. The summed E-state index contributed by atoms with van der Waals surface area (Å²) in [5.74, 6) is 0.236. The lowest BCUT2D eigenvalue weighted by Gasteiger charge is -2.04. The fraction of sp³-hybridized carbons (Fsp3) is 0.182. The summed E-state index contributed by atoms with van der Waals surface area (Å²) in [5.41, 5.74) is 2.56. The van der Waals surface area contributed by atoms with E-state index in [1.807, 2.05) is 60.7 Å². The average molecular weight is 376 g/mol. The lowest BCUT2D eigenvalue weighted by Crippen LogP contribution is -2.19. The van der Waals surface area contributed by atoms with E-state index < -0.39 is 5.91 Å². The fourth-order valence-corrected chi connectivity index (χ4v) is 2.77. The molecule has 1 heterocycles. The second-order valence-corrected chi connectivity index (χ2v) is 5.95. The quantitative estimate of drug-likeness (QED) is 0.599. The molecule has 142 valence electrons. The van der Waals surface area contributed by atoms with Crippen LogP contribution in [0.25, 0.3) is 22.5 Å². The first-order valence-electron chi connectivity index (χ1n) is 8.79. The summed E-state index contributed by atoms with van der Waals surface area (Å²) >= 11 is 0. The average Bonchev–Trinajstić information content (AvgIpc) is 3.10. The van der Waals surface area contributed by atoms with Gasteiger partial charge in [0, 0.05) is 18.2 Å². The van der Waals surface area contributed by atoms with Gasteiger partial charge in [0.1, 0.15) is 24.0 Å². The minimum Gasteiger partial charge on any atom is -0.438 e. The van der Waals surface area contributed by atoms with E-state index in [0.717, 1.165) is 11.1 Å². The molecule has 3 rings (SSSR count). The Hall–Kier alpha value is -3.40. The van der Waals surface area contributed by atoms with Gasteiger partial charge in [0.25, 0.3) is 5.91 Å². The van der Waals surface area contributed by atoms with Crippen molar-refractivity contribution in [2.75, 3.05) is 32.2 Å². The number of nitriles is 1. The maximum Gasteiger partial charge on any atom is 0.252 e. The van der Waals surface area contributed by atoms with Gasteiger partial charge < -0.3 is 13.9 Å². The molecule has 0 fully saturated rings. The summed E-state index contributed by atoms with van der Waals surface area (Å²) in [7, 11) is 1.56. The molecule has 0 saturated carbocycles. The van der Waals surface area contributed by atoms with Crippen molar-refractivity contribution in [1.29, 1.82) is 5.26 Å². The first-order chi connectivity index (χ1) is 13.7. The van der Waals surface area contributed by atoms with Gasteiger partial charge in [-0.05, 0) is 5.56 Å². The van der Waals surface area contributed by atoms with E-state index in [1.54, 1.807) is 7.11 Å². The molecule has 28 heavy (non-hydrogen) atoms. The standard InChI is InChI=1S/C22H20N2O4/c1-26-12-13-27-15-19(25)24-22-18(14-23)20(16-8-4-2-5-9-16)21(28-22)17-10-6-3-7-11-17/h2-11H,12-13,15H2,1H3,(H,24,25). The Labute approximate surface area is 163 Å². The number of methoxy groups -OCH3 is 1. The van der Waals surface area contributed by atoms with Gasteiger partial charge in [0.2, 0.25) is 5.88 Å². The van der Waals surface area contributed by atoms with E-state index in [2.05, 4.69) is 11.4 Å². The second kappa shape index (κ2) is 9.51. The summed E-state index contributed by atoms with van der Waals surface area (Å²) < 4.78 is 16.0. The molecule has 1 amide bonds. The van der Waals surface area contributed by atoms with Crippen LogP contribution < -0.4 is 5.32 Å². The first-order valence-corrected chi connectivity index (χ1v) is 8.79. The third-order valence-electron chi connectivity index (χ3n) is 4.04. The number of nitrogens with zero attached hydrogens (tertiary/aromatic N) is 1. The van der Waals surface area contributed by atoms with Gasteiger partial charge in [0.15, 0.2) is 0 Å². The summed E-state index contributed by atoms with van der Waals surface area (Å²) in [5, 5.41) is 12.4. The SMILES string of the molecule is COCCOCC(=O)Nc1oc(-c2ccccc2)c(-c2ccccc2)c1C#N. The number of anilines is 1. The maximum absolute atomic E-state index is 12.2. The number of furan rings is 1. The molecule has 0 unspecified atom stereocenters. The summed E-state index contributed by atoms with van der Waals surface area (Å²) in [4.78, 5) is 12.2. The van der Waals surface area contributed by atoms with Gasteiger partial charge in [0.05, 0.1) is 13.2 Å². The molecular weight excluding hydrogens is 356 g/mol. The zero-order valence-electron chi connectivity index (χ0n) is 15.5. The zero-order chi connectivity index (χ0) is 19.8. The number of amides is 1. The summed E-state index contributed by atoms with van der Waals surface area (Å²) in [6, 6.07) is 21.1. The number of hydrogen-bond donors (Lipinski definition) is 1. The van der Waals surface area contributed by atoms with Crippen molar-refractivity contribution in [3.63, 3.8) is 0 Å². The summed E-state index contributed by atoms with van der Waals surface area (Å²) in [6.45, 7) is 0.543. The normalized spacial score (nSPS) is 10.4. The molecule has 3 aromatic rings. The second-order valence-electron chi connectivity index (χ2n) is 5.95. The van der Waals surface area contributed by atoms with E-state index in [-0.39, 0.29) is 18.1 Å². The van der Waals surface area contributed by atoms with E-state index in [1.165, 1.54) is 0 Å². The van der Waals surface area contributed by atoms with Gasteiger partial charge in [-0.2, -0.15) is 5.26 Å². The molecule has 6 nitrogen and oxygen atoms in total. The van der Waals surface area contributed by atoms with Crippen LogP contribution in [-0.4, -0.2) is 32.8 Å². The minimum atomic E-state index is -0.402. The van der Waals surface area contributed by atoms with Crippen LogP contribution in [0.4, 0.5) is 5.88 Å². The highest BCUT2D eigenvalue weighted by Gasteiger charge is 2.24. The molecule has 0 spiro atoms. The predicted molar refractivity (Wildman–Crippen MR) is 106 cm³/mol. The predicted octanol–water partition coefficient (Wildman–Crippen LogP) is 4.09. The lowest BCUT2D eigenvalue weighted by molar-refractivity contribution is -0.121. The number of ether oxygens (including phenoxy) is 2. The molecule has 0 bridgehead atoms. The third-order valence-corrected chi connectivity index (χ3v) is 4.04. The van der Waals surface area contributed by atoms with Crippen LogP contribution >= 0.6 is 0 Å². The van der Waals surface area contributed by atoms with Crippen molar-refractivity contribution in [3.05, 3.63) is 66.2 Å². The smallest absolute Gasteiger partial charge is 0.252 e. The molecule has 6 heteroatoms. The van der Waals surface area contributed by atoms with Gasteiger partial charge >= 0.3 is 0 Å². The van der Waals surface area contributed by atoms with Gasteiger partial charge in [-0.1, -0.05) is 60.7 Å². The van der Waals surface area contributed by atoms with Crippen LogP contribution in [-0.2, 0) is 14.3 Å². The topological polar surface area (TPSA) is 84.5 Å². The van der Waals surface area contributed by atoms with Crippen LogP contribution in [0, 0.1) is 11.3 Å². The Morgan fingerprint density at radius 2 is 1.68 bits per heavy atom. The molecule has 0 saturated heterocycles. The number of carbonyl (C=O) groups is 1. The number of hydrogen-bond acceptors (Lipinski definition) is 5. The van der Waals surface area contributed by atoms with Crippen molar-refractivity contribution < 1.29 is 18.7 Å². The Morgan fingerprint density at radius 3 is 2.29 bits per heavy atom. The van der Waals surface area contributed by atoms with Crippen molar-refractivity contribution in [2.45, 2.75) is 0 Å². The number of rotatable bonds is 8. The molecule has 1 aromatic heterocycles. The molecule has 1 N–H and O–H groups in total. The minimum absolute atomic E-state index is 0.112. The van der Waals surface area contributed by atoms with E-state index in [0.29, 0.717) is 24.5 Å². The van der Waals surface area contributed by atoms with Gasteiger partial charge in [-0.25, -0.2) is 0 Å². The molecule has 0 aliphatic heterocycles. The van der Waals surface area contributed by atoms with Crippen LogP contribution in [0.1, 0.15) is 5.56 Å². The fourth-order valence-electron chi connectivity index (χ4n) is 2.77. The Bertz CT molecular complexity index is 959. The zero-order valence-corrected chi connectivity index (χ0v) is 15.5. The number of benzene rings is 2. The van der Waals surface area contributed by atoms with Crippen molar-refractivity contribution in [3.8, 4) is 28.5 Å². The highest BCUT2D eigenvalue weighted by Crippen LogP contribution is 2.41. The van der Waals surface area contributed by atoms with Crippen molar-refractivity contribution >= 4 is 11.8 Å². The molecule has 2 aromatic carbocycles. The highest BCUT2D eigenvalue weighted by atomic mass is 16.5. The van der Waals surface area contributed by atoms with Crippen LogP contribution in [0.3, 0.4) is 0 Å². The maximum atomic E-state index is 12.2. The Kier molecular flexibility index (Phi) is 6.58. The first kappa shape index (κ1) is 19.4. The highest BCUT2D eigenvalue weighted by molar-refractivity contribution is 5.96. The third kappa shape index (κ3) is 4.46. The summed E-state index contributed by atoms with van der Waals surface area (Å²) in [6.07, 6.45) is 0. The molecule has 0 radical (unpaired) electrons.